The molecule has 0 unspecified atom stereocenters. The molecule has 0 spiro atoms. The molecule has 0 aliphatic heterocycles. The standard InChI is InChI=1S/C7H5BrO4/c8-3-1-4(7(11)12)6(10)5(9)2-3/h2,10H,1H2,(H,11,12). The highest BCUT2D eigenvalue weighted by molar-refractivity contribution is 9.11. The Bertz CT molecular complexity index is 313. The van der Waals surface area contributed by atoms with Gasteiger partial charge in [-0.2, -0.15) is 0 Å². The van der Waals surface area contributed by atoms with Crippen LogP contribution in [0.25, 0.3) is 0 Å². The van der Waals surface area contributed by atoms with Crippen molar-refractivity contribution in [2.45, 2.75) is 6.42 Å². The van der Waals surface area contributed by atoms with Gasteiger partial charge in [0.05, 0.1) is 5.57 Å². The average molecular weight is 233 g/mol. The summed E-state index contributed by atoms with van der Waals surface area (Å²) < 4.78 is 0.461. The third-order valence-corrected chi connectivity index (χ3v) is 1.92. The Hall–Kier alpha value is -1.10. The molecule has 1 aliphatic rings. The summed E-state index contributed by atoms with van der Waals surface area (Å²) in [4.78, 5) is 21.3. The van der Waals surface area contributed by atoms with Crippen molar-refractivity contribution in [2.24, 2.45) is 0 Å². The van der Waals surface area contributed by atoms with Crippen molar-refractivity contribution >= 4 is 27.7 Å². The van der Waals surface area contributed by atoms with Gasteiger partial charge < -0.3 is 10.2 Å². The van der Waals surface area contributed by atoms with Crippen LogP contribution in [-0.4, -0.2) is 22.0 Å². The van der Waals surface area contributed by atoms with E-state index in [1.807, 2.05) is 0 Å². The lowest BCUT2D eigenvalue weighted by Crippen LogP contribution is -2.14. The number of carbonyl (C=O) groups is 2. The van der Waals surface area contributed by atoms with Gasteiger partial charge in [-0.1, -0.05) is 15.9 Å². The molecule has 0 amide bonds. The first kappa shape index (κ1) is 8.99. The average Bonchev–Trinajstić information content (AvgIpc) is 1.96. The van der Waals surface area contributed by atoms with E-state index in [4.69, 9.17) is 10.2 Å². The number of carboxylic acid groups (broad SMARTS) is 1. The van der Waals surface area contributed by atoms with Gasteiger partial charge in [-0.3, -0.25) is 4.79 Å². The Morgan fingerprint density at radius 1 is 1.58 bits per heavy atom. The zero-order chi connectivity index (χ0) is 9.30. The molecule has 0 aromatic rings. The molecule has 0 saturated heterocycles. The maximum Gasteiger partial charge on any atom is 0.335 e. The molecule has 0 radical (unpaired) electrons. The van der Waals surface area contributed by atoms with E-state index in [0.717, 1.165) is 6.08 Å². The lowest BCUT2D eigenvalue weighted by Gasteiger charge is -2.08. The van der Waals surface area contributed by atoms with Gasteiger partial charge in [0.2, 0.25) is 5.78 Å². The highest BCUT2D eigenvalue weighted by Gasteiger charge is 2.23. The van der Waals surface area contributed by atoms with Crippen molar-refractivity contribution in [3.63, 3.8) is 0 Å². The molecule has 2 N–H and O–H groups in total. The number of halogens is 1. The van der Waals surface area contributed by atoms with E-state index in [-0.39, 0.29) is 12.0 Å². The quantitative estimate of drug-likeness (QED) is 0.711. The molecule has 0 aromatic carbocycles. The fraction of sp³-hybridized carbons (Fsp3) is 0.143. The Morgan fingerprint density at radius 3 is 2.67 bits per heavy atom. The van der Waals surface area contributed by atoms with Crippen LogP contribution in [0, 0.1) is 0 Å². The van der Waals surface area contributed by atoms with Gasteiger partial charge in [0.25, 0.3) is 0 Å². The third-order valence-electron chi connectivity index (χ3n) is 1.41. The Balaban J connectivity index is 3.07. The number of carbonyl (C=O) groups excluding carboxylic acids is 1. The lowest BCUT2D eigenvalue weighted by atomic mass is 10.0. The molecule has 0 fully saturated rings. The van der Waals surface area contributed by atoms with Crippen LogP contribution in [0.15, 0.2) is 21.9 Å². The monoisotopic (exact) mass is 232 g/mol. The van der Waals surface area contributed by atoms with Crippen LogP contribution in [0.2, 0.25) is 0 Å². The number of hydrogen-bond donors (Lipinski definition) is 2. The van der Waals surface area contributed by atoms with Gasteiger partial charge in [0.15, 0.2) is 5.76 Å². The molecule has 0 heterocycles. The number of hydrogen-bond acceptors (Lipinski definition) is 3. The van der Waals surface area contributed by atoms with Gasteiger partial charge in [-0.15, -0.1) is 0 Å². The number of aliphatic hydroxyl groups excluding tert-OH is 1. The molecular formula is C7H5BrO4. The predicted octanol–water partition coefficient (Wildman–Crippen LogP) is 1.13. The topological polar surface area (TPSA) is 74.6 Å². The number of rotatable bonds is 1. The van der Waals surface area contributed by atoms with Crippen molar-refractivity contribution < 1.29 is 19.8 Å². The molecule has 1 rings (SSSR count). The summed E-state index contributed by atoms with van der Waals surface area (Å²) in [6.07, 6.45) is 1.20. The fourth-order valence-corrected chi connectivity index (χ4v) is 1.33. The second-order valence-electron chi connectivity index (χ2n) is 2.26. The van der Waals surface area contributed by atoms with Crippen molar-refractivity contribution in [1.82, 2.24) is 0 Å². The van der Waals surface area contributed by atoms with Crippen LogP contribution in [0.3, 0.4) is 0 Å². The lowest BCUT2D eigenvalue weighted by molar-refractivity contribution is -0.133. The first-order valence-corrected chi connectivity index (χ1v) is 3.87. The molecule has 12 heavy (non-hydrogen) atoms. The van der Waals surface area contributed by atoms with Crippen LogP contribution < -0.4 is 0 Å². The summed E-state index contributed by atoms with van der Waals surface area (Å²) in [5.74, 6) is -2.62. The second-order valence-corrected chi connectivity index (χ2v) is 3.28. The molecule has 0 aromatic heterocycles. The SMILES string of the molecule is O=C(O)C1=C(O)C(=O)C=C(Br)C1. The van der Waals surface area contributed by atoms with Crippen LogP contribution in [-0.2, 0) is 9.59 Å². The van der Waals surface area contributed by atoms with Gasteiger partial charge in [-0.25, -0.2) is 4.79 Å². The van der Waals surface area contributed by atoms with Gasteiger partial charge in [0, 0.05) is 10.9 Å². The van der Waals surface area contributed by atoms with Crippen LogP contribution >= 0.6 is 15.9 Å². The summed E-state index contributed by atoms with van der Waals surface area (Å²) in [5.41, 5.74) is -0.269. The number of allylic oxidation sites excluding steroid dienone is 2. The van der Waals surface area contributed by atoms with E-state index in [0.29, 0.717) is 4.48 Å². The van der Waals surface area contributed by atoms with E-state index in [2.05, 4.69) is 15.9 Å². The van der Waals surface area contributed by atoms with E-state index >= 15 is 0 Å². The first-order chi connectivity index (χ1) is 5.52. The molecule has 1 aliphatic carbocycles. The molecule has 4 nitrogen and oxygen atoms in total. The van der Waals surface area contributed by atoms with E-state index in [1.165, 1.54) is 0 Å². The van der Waals surface area contributed by atoms with E-state index in [9.17, 15) is 9.59 Å². The molecular weight excluding hydrogens is 228 g/mol. The maximum absolute atomic E-state index is 10.8. The molecule has 0 atom stereocenters. The van der Waals surface area contributed by atoms with Crippen LogP contribution in [0.5, 0.6) is 0 Å². The van der Waals surface area contributed by atoms with Crippen molar-refractivity contribution in [3.8, 4) is 0 Å². The summed E-state index contributed by atoms with van der Waals surface area (Å²) in [6.45, 7) is 0. The van der Waals surface area contributed by atoms with Gasteiger partial charge in [0.1, 0.15) is 0 Å². The minimum Gasteiger partial charge on any atom is -0.504 e. The highest BCUT2D eigenvalue weighted by Crippen LogP contribution is 2.24. The largest absolute Gasteiger partial charge is 0.504 e. The Kier molecular flexibility index (Phi) is 2.32. The first-order valence-electron chi connectivity index (χ1n) is 3.08. The predicted molar refractivity (Wildman–Crippen MR) is 43.9 cm³/mol. The summed E-state index contributed by atoms with van der Waals surface area (Å²) in [5, 5.41) is 17.5. The van der Waals surface area contributed by atoms with Gasteiger partial charge in [-0.05, 0) is 6.08 Å². The maximum atomic E-state index is 10.8. The zero-order valence-corrected chi connectivity index (χ0v) is 7.46. The number of ketones is 1. The van der Waals surface area contributed by atoms with Crippen molar-refractivity contribution in [2.75, 3.05) is 0 Å². The Morgan fingerprint density at radius 2 is 2.17 bits per heavy atom. The number of carboxylic acids is 1. The molecule has 64 valence electrons. The fourth-order valence-electron chi connectivity index (χ4n) is 0.840. The zero-order valence-electron chi connectivity index (χ0n) is 5.87. The minimum absolute atomic E-state index is 0.0485. The molecule has 0 saturated carbocycles. The highest BCUT2D eigenvalue weighted by atomic mass is 79.9. The summed E-state index contributed by atoms with van der Waals surface area (Å²) in [6, 6.07) is 0. The van der Waals surface area contributed by atoms with Crippen molar-refractivity contribution in [1.29, 1.82) is 0 Å². The second kappa shape index (κ2) is 3.10. The third kappa shape index (κ3) is 1.55. The Labute approximate surface area is 76.3 Å². The summed E-state index contributed by atoms with van der Waals surface area (Å²) >= 11 is 3.00. The molecule has 5 heteroatoms. The summed E-state index contributed by atoms with van der Waals surface area (Å²) in [7, 11) is 0. The smallest absolute Gasteiger partial charge is 0.335 e. The van der Waals surface area contributed by atoms with E-state index < -0.39 is 17.5 Å². The van der Waals surface area contributed by atoms with Crippen LogP contribution in [0.4, 0.5) is 0 Å². The molecule has 0 bridgehead atoms. The van der Waals surface area contributed by atoms with E-state index in [1.54, 1.807) is 0 Å². The normalized spacial score (nSPS) is 17.8. The van der Waals surface area contributed by atoms with Gasteiger partial charge >= 0.3 is 5.97 Å². The van der Waals surface area contributed by atoms with Crippen molar-refractivity contribution in [3.05, 3.63) is 21.9 Å². The van der Waals surface area contributed by atoms with Crippen LogP contribution in [0.1, 0.15) is 6.42 Å². The number of aliphatic carboxylic acids is 1. The minimum atomic E-state index is -1.27. The number of aliphatic hydroxyl groups is 1.